The van der Waals surface area contributed by atoms with Gasteiger partial charge in [0.05, 0.1) is 11.7 Å². The van der Waals surface area contributed by atoms with E-state index >= 15 is 0 Å². The van der Waals surface area contributed by atoms with Crippen LogP contribution >= 0.6 is 0 Å². The summed E-state index contributed by atoms with van der Waals surface area (Å²) in [5.74, 6) is 0. The van der Waals surface area contributed by atoms with E-state index in [1.165, 1.54) is 61.5 Å². The van der Waals surface area contributed by atoms with Crippen LogP contribution in [0.5, 0.6) is 0 Å². The van der Waals surface area contributed by atoms with Crippen molar-refractivity contribution in [3.63, 3.8) is 0 Å². The van der Waals surface area contributed by atoms with E-state index in [0.29, 0.717) is 0 Å². The summed E-state index contributed by atoms with van der Waals surface area (Å²) < 4.78 is 0. The summed E-state index contributed by atoms with van der Waals surface area (Å²) >= 11 is 0. The van der Waals surface area contributed by atoms with Crippen molar-refractivity contribution in [2.45, 2.75) is 38.1 Å². The first-order valence-electron chi connectivity index (χ1n) is 16.6. The van der Waals surface area contributed by atoms with Crippen LogP contribution in [0.15, 0.2) is 169 Å². The maximum Gasteiger partial charge on any atom is 0.0631 e. The number of nitrogens with zero attached hydrogens (tertiary/aromatic N) is 2. The molecule has 0 radical (unpaired) electrons. The van der Waals surface area contributed by atoms with Gasteiger partial charge in [0.15, 0.2) is 0 Å². The van der Waals surface area contributed by atoms with Crippen LogP contribution in [0.2, 0.25) is 0 Å². The topological polar surface area (TPSA) is 6.48 Å². The van der Waals surface area contributed by atoms with E-state index < -0.39 is 0 Å². The second-order valence-corrected chi connectivity index (χ2v) is 12.3. The van der Waals surface area contributed by atoms with E-state index in [9.17, 15) is 0 Å². The molecular weight excluding hydrogens is 556 g/mol. The molecule has 3 aliphatic carbocycles. The highest BCUT2D eigenvalue weighted by Gasteiger charge is 2.26. The number of allylic oxidation sites excluding steroid dienone is 8. The predicted octanol–water partition coefficient (Wildman–Crippen LogP) is 11.9. The fourth-order valence-corrected chi connectivity index (χ4v) is 7.32. The number of anilines is 3. The van der Waals surface area contributed by atoms with Crippen molar-refractivity contribution in [2.24, 2.45) is 0 Å². The van der Waals surface area contributed by atoms with Crippen molar-refractivity contribution in [2.75, 3.05) is 9.80 Å². The van der Waals surface area contributed by atoms with Crippen LogP contribution in [0, 0.1) is 0 Å². The summed E-state index contributed by atoms with van der Waals surface area (Å²) in [7, 11) is 0. The average molecular weight is 595 g/mol. The third-order valence-electron chi connectivity index (χ3n) is 9.58. The van der Waals surface area contributed by atoms with Gasteiger partial charge in [-0.3, -0.25) is 0 Å². The van der Waals surface area contributed by atoms with Crippen LogP contribution in [0.25, 0.3) is 22.4 Å². The van der Waals surface area contributed by atoms with Crippen LogP contribution in [-0.4, -0.2) is 0 Å². The molecule has 0 N–H and O–H groups in total. The number of hydrogen-bond acceptors (Lipinski definition) is 2. The Labute approximate surface area is 272 Å². The Kier molecular flexibility index (Phi) is 7.70. The Balaban J connectivity index is 1.12. The Morgan fingerprint density at radius 1 is 0.565 bits per heavy atom. The van der Waals surface area contributed by atoms with Gasteiger partial charge < -0.3 is 9.80 Å². The fourth-order valence-electron chi connectivity index (χ4n) is 7.32. The van der Waals surface area contributed by atoms with Gasteiger partial charge in [-0.15, -0.1) is 0 Å². The summed E-state index contributed by atoms with van der Waals surface area (Å²) in [5, 5.41) is 2.58. The highest BCUT2D eigenvalue weighted by molar-refractivity contribution is 5.96. The normalized spacial score (nSPS) is 17.1. The van der Waals surface area contributed by atoms with Crippen LogP contribution in [0.4, 0.5) is 17.1 Å². The van der Waals surface area contributed by atoms with Gasteiger partial charge in [-0.05, 0) is 102 Å². The monoisotopic (exact) mass is 594 g/mol. The van der Waals surface area contributed by atoms with Gasteiger partial charge in [0.1, 0.15) is 0 Å². The first kappa shape index (κ1) is 28.2. The van der Waals surface area contributed by atoms with Crippen molar-refractivity contribution in [3.8, 4) is 0 Å². The van der Waals surface area contributed by atoms with Gasteiger partial charge in [0.25, 0.3) is 0 Å². The molecule has 5 aromatic rings. The van der Waals surface area contributed by atoms with E-state index in [1.807, 2.05) is 0 Å². The van der Waals surface area contributed by atoms with Crippen LogP contribution in [0.1, 0.15) is 54.8 Å². The minimum Gasteiger partial charge on any atom is -0.334 e. The lowest BCUT2D eigenvalue weighted by Crippen LogP contribution is -2.25. The molecule has 0 spiro atoms. The van der Waals surface area contributed by atoms with Crippen LogP contribution in [-0.2, 0) is 0 Å². The van der Waals surface area contributed by atoms with Crippen molar-refractivity contribution < 1.29 is 0 Å². The lowest BCUT2D eigenvalue weighted by atomic mass is 9.90. The van der Waals surface area contributed by atoms with E-state index in [1.54, 1.807) is 0 Å². The smallest absolute Gasteiger partial charge is 0.0631 e. The maximum atomic E-state index is 2.52. The van der Waals surface area contributed by atoms with Crippen molar-refractivity contribution in [1.29, 1.82) is 0 Å². The molecule has 3 aliphatic rings. The molecule has 0 amide bonds. The van der Waals surface area contributed by atoms with Crippen LogP contribution in [0.3, 0.4) is 0 Å². The Bertz CT molecular complexity index is 2020. The number of rotatable bonds is 7. The molecule has 2 heteroatoms. The highest BCUT2D eigenvalue weighted by atomic mass is 15.2. The fraction of sp³-hybridized carbons (Fsp3) is 0.136. The second kappa shape index (κ2) is 12.6. The molecule has 5 aromatic carbocycles. The molecule has 0 heterocycles. The minimum absolute atomic E-state index is 0.248. The van der Waals surface area contributed by atoms with Crippen molar-refractivity contribution in [3.05, 3.63) is 186 Å². The van der Waals surface area contributed by atoms with Crippen molar-refractivity contribution in [1.82, 2.24) is 0 Å². The molecule has 46 heavy (non-hydrogen) atoms. The Morgan fingerprint density at radius 3 is 2.15 bits per heavy atom. The number of hydrogen-bond donors (Lipinski definition) is 0. The lowest BCUT2D eigenvalue weighted by molar-refractivity contribution is 0.702. The quantitative estimate of drug-likeness (QED) is 0.185. The lowest BCUT2D eigenvalue weighted by Gasteiger charge is -2.36. The third kappa shape index (κ3) is 5.41. The molecule has 0 saturated carbocycles. The molecule has 8 rings (SSSR count). The van der Waals surface area contributed by atoms with Gasteiger partial charge in [0.2, 0.25) is 0 Å². The molecule has 1 unspecified atom stereocenters. The molecule has 0 saturated heterocycles. The standard InChI is InChI=1S/C44H38N2/c1-3-17-37(18-4-1)45(43-23-11-15-35-13-7-9-21-41(35)43)39-29-25-33(26-30-39)34-27-31-40(32-28-34)46(38-19-5-2-6-20-38)44-24-12-16-36-14-8-10-22-42(36)44/h1-5,7-19,21-22,24-27,29-31,43H,6,20,23,28,32H2. The van der Waals surface area contributed by atoms with E-state index in [0.717, 1.165) is 32.1 Å². The van der Waals surface area contributed by atoms with Gasteiger partial charge in [-0.1, -0.05) is 121 Å². The van der Waals surface area contributed by atoms with Crippen LogP contribution < -0.4 is 9.80 Å². The molecule has 0 fully saturated rings. The molecule has 224 valence electrons. The van der Waals surface area contributed by atoms with Gasteiger partial charge in [-0.2, -0.15) is 0 Å². The Hall–Kier alpha value is -5.34. The highest BCUT2D eigenvalue weighted by Crippen LogP contribution is 2.42. The minimum atomic E-state index is 0.248. The molecular formula is C44H38N2. The second-order valence-electron chi connectivity index (χ2n) is 12.3. The zero-order valence-corrected chi connectivity index (χ0v) is 26.1. The molecule has 0 aromatic heterocycles. The third-order valence-corrected chi connectivity index (χ3v) is 9.58. The molecule has 2 nitrogen and oxygen atoms in total. The summed E-state index contributed by atoms with van der Waals surface area (Å²) in [6.45, 7) is 0. The van der Waals surface area contributed by atoms with E-state index in [4.69, 9.17) is 0 Å². The predicted molar refractivity (Wildman–Crippen MR) is 196 cm³/mol. The van der Waals surface area contributed by atoms with E-state index in [2.05, 4.69) is 174 Å². The van der Waals surface area contributed by atoms with Gasteiger partial charge in [-0.25, -0.2) is 0 Å². The largest absolute Gasteiger partial charge is 0.334 e. The summed E-state index contributed by atoms with van der Waals surface area (Å²) in [6.07, 6.45) is 21.2. The average Bonchev–Trinajstić information content (AvgIpc) is 3.14. The number of fused-ring (bicyclic) bond motifs is 2. The molecule has 1 atom stereocenters. The van der Waals surface area contributed by atoms with Gasteiger partial charge in [0, 0.05) is 28.2 Å². The van der Waals surface area contributed by atoms with Crippen molar-refractivity contribution >= 4 is 39.5 Å². The summed E-state index contributed by atoms with van der Waals surface area (Å²) in [5.41, 5.74) is 11.8. The summed E-state index contributed by atoms with van der Waals surface area (Å²) in [4.78, 5) is 5.03. The van der Waals surface area contributed by atoms with Gasteiger partial charge >= 0.3 is 0 Å². The maximum absolute atomic E-state index is 2.52. The summed E-state index contributed by atoms with van der Waals surface area (Å²) in [6, 6.07) is 44.6. The SMILES string of the molecule is C1=CCCC(N(C2=CC=C(c3ccc(N(c4ccccc4)C4CC=Cc5ccccc54)cc3)CC2)c2cccc3ccccc23)=C1. The number of benzene rings is 5. The zero-order valence-electron chi connectivity index (χ0n) is 26.1. The first-order valence-corrected chi connectivity index (χ1v) is 16.6. The van der Waals surface area contributed by atoms with E-state index in [-0.39, 0.29) is 6.04 Å². The first-order chi connectivity index (χ1) is 22.8. The zero-order chi connectivity index (χ0) is 30.7. The molecule has 0 bridgehead atoms. The number of para-hydroxylation sites is 1. The Morgan fingerprint density at radius 2 is 1.33 bits per heavy atom. The molecule has 0 aliphatic heterocycles.